The Morgan fingerprint density at radius 2 is 2.40 bits per heavy atom. The molecule has 0 spiro atoms. The largest absolute Gasteiger partial charge is 0.316 e. The third-order valence-electron chi connectivity index (χ3n) is 2.49. The molecule has 1 heterocycles. The quantitative estimate of drug-likeness (QED) is 0.728. The number of rotatable bonds is 6. The van der Waals surface area contributed by atoms with Crippen LogP contribution in [0.1, 0.15) is 31.1 Å². The predicted molar refractivity (Wildman–Crippen MR) is 68.2 cm³/mol. The summed E-state index contributed by atoms with van der Waals surface area (Å²) in [5, 5.41) is 5.46. The van der Waals surface area contributed by atoms with Crippen LogP contribution in [0.3, 0.4) is 0 Å². The minimum Gasteiger partial charge on any atom is -0.316 e. The Morgan fingerprint density at radius 3 is 3.00 bits per heavy atom. The van der Waals surface area contributed by atoms with Crippen molar-refractivity contribution >= 4 is 11.3 Å². The summed E-state index contributed by atoms with van der Waals surface area (Å²) in [6, 6.07) is 4.89. The molecule has 2 heteroatoms. The second kappa shape index (κ2) is 7.50. The molecule has 0 aromatic carbocycles. The van der Waals surface area contributed by atoms with Crippen molar-refractivity contribution in [3.63, 3.8) is 0 Å². The van der Waals surface area contributed by atoms with Crippen molar-refractivity contribution in [1.29, 1.82) is 0 Å². The van der Waals surface area contributed by atoms with E-state index >= 15 is 0 Å². The summed E-state index contributed by atoms with van der Waals surface area (Å²) in [4.78, 5) is 1.49. The average Bonchev–Trinajstić information content (AvgIpc) is 2.76. The minimum absolute atomic E-state index is 0.553. The van der Waals surface area contributed by atoms with Crippen molar-refractivity contribution in [2.75, 3.05) is 7.05 Å². The molecule has 1 atom stereocenters. The van der Waals surface area contributed by atoms with E-state index in [1.807, 2.05) is 25.3 Å². The summed E-state index contributed by atoms with van der Waals surface area (Å²) in [6.07, 6.45) is 4.63. The average molecular weight is 221 g/mol. The van der Waals surface area contributed by atoms with Gasteiger partial charge < -0.3 is 5.32 Å². The monoisotopic (exact) mass is 221 g/mol. The van der Waals surface area contributed by atoms with Crippen LogP contribution < -0.4 is 5.32 Å². The molecule has 1 aromatic heterocycles. The van der Waals surface area contributed by atoms with E-state index in [0.29, 0.717) is 6.04 Å². The Bertz CT molecular complexity index is 305. The minimum atomic E-state index is 0.553. The van der Waals surface area contributed by atoms with Gasteiger partial charge in [0.2, 0.25) is 0 Å². The Balaban J connectivity index is 2.18. The summed E-state index contributed by atoms with van der Waals surface area (Å²) < 4.78 is 0. The molecule has 1 rings (SSSR count). The molecule has 1 N–H and O–H groups in total. The first-order valence-electron chi connectivity index (χ1n) is 5.46. The molecule has 1 unspecified atom stereocenters. The molecule has 0 amide bonds. The number of thiophene rings is 1. The van der Waals surface area contributed by atoms with Gasteiger partial charge in [-0.25, -0.2) is 0 Å². The highest BCUT2D eigenvalue weighted by molar-refractivity contribution is 7.09. The fourth-order valence-corrected chi connectivity index (χ4v) is 2.30. The molecule has 82 valence electrons. The van der Waals surface area contributed by atoms with Crippen LogP contribution in [-0.2, 0) is 6.42 Å². The normalized spacial score (nSPS) is 11.9. The summed E-state index contributed by atoms with van der Waals surface area (Å²) in [6.45, 7) is 1.90. The summed E-state index contributed by atoms with van der Waals surface area (Å²) >= 11 is 1.85. The molecule has 0 aliphatic rings. The third-order valence-corrected chi connectivity index (χ3v) is 3.43. The van der Waals surface area contributed by atoms with Crippen LogP contribution in [0.2, 0.25) is 0 Å². The van der Waals surface area contributed by atoms with Gasteiger partial charge in [-0.05, 0) is 44.7 Å². The van der Waals surface area contributed by atoms with Crippen LogP contribution in [0.5, 0.6) is 0 Å². The Kier molecular flexibility index (Phi) is 6.15. The van der Waals surface area contributed by atoms with Gasteiger partial charge in [0.1, 0.15) is 0 Å². The van der Waals surface area contributed by atoms with E-state index < -0.39 is 0 Å². The van der Waals surface area contributed by atoms with Gasteiger partial charge in [0.05, 0.1) is 0 Å². The number of hydrogen-bond acceptors (Lipinski definition) is 2. The molecule has 1 nitrogen and oxygen atoms in total. The molecule has 0 saturated heterocycles. The summed E-state index contributed by atoms with van der Waals surface area (Å²) in [5.74, 6) is 6.08. The summed E-state index contributed by atoms with van der Waals surface area (Å²) in [5.41, 5.74) is 0. The molecular formula is C13H19NS. The fourth-order valence-electron chi connectivity index (χ4n) is 1.55. The lowest BCUT2D eigenvalue weighted by atomic mass is 10.1. The van der Waals surface area contributed by atoms with Gasteiger partial charge in [-0.15, -0.1) is 23.2 Å². The third kappa shape index (κ3) is 5.01. The van der Waals surface area contributed by atoms with E-state index in [1.54, 1.807) is 0 Å². The first kappa shape index (κ1) is 12.3. The highest BCUT2D eigenvalue weighted by Crippen LogP contribution is 2.13. The number of hydrogen-bond donors (Lipinski definition) is 1. The molecule has 0 radical (unpaired) electrons. The highest BCUT2D eigenvalue weighted by Gasteiger charge is 2.03. The second-order valence-electron chi connectivity index (χ2n) is 3.59. The molecule has 0 fully saturated rings. The topological polar surface area (TPSA) is 12.0 Å². The Hall–Kier alpha value is -0.780. The van der Waals surface area contributed by atoms with E-state index in [9.17, 15) is 0 Å². The predicted octanol–water partition coefficient (Wildman–Crippen LogP) is 3.07. The maximum Gasteiger partial charge on any atom is 0.0243 e. The van der Waals surface area contributed by atoms with E-state index in [0.717, 1.165) is 6.42 Å². The van der Waals surface area contributed by atoms with Gasteiger partial charge in [-0.3, -0.25) is 0 Å². The van der Waals surface area contributed by atoms with Crippen molar-refractivity contribution in [1.82, 2.24) is 5.32 Å². The fraction of sp³-hybridized carbons (Fsp3) is 0.538. The van der Waals surface area contributed by atoms with E-state index in [-0.39, 0.29) is 0 Å². The molecule has 0 aliphatic heterocycles. The zero-order valence-electron chi connectivity index (χ0n) is 9.55. The van der Waals surface area contributed by atoms with Gasteiger partial charge in [0, 0.05) is 17.3 Å². The molecule has 15 heavy (non-hydrogen) atoms. The van der Waals surface area contributed by atoms with Crippen molar-refractivity contribution in [2.24, 2.45) is 0 Å². The lowest BCUT2D eigenvalue weighted by Gasteiger charge is -2.12. The zero-order valence-corrected chi connectivity index (χ0v) is 10.4. The SMILES string of the molecule is CC#CCC(CCCc1cccs1)NC. The van der Waals surface area contributed by atoms with Gasteiger partial charge in [0.25, 0.3) is 0 Å². The van der Waals surface area contributed by atoms with Crippen molar-refractivity contribution in [2.45, 2.75) is 38.6 Å². The van der Waals surface area contributed by atoms with Gasteiger partial charge >= 0.3 is 0 Å². The molecule has 1 aromatic rings. The lowest BCUT2D eigenvalue weighted by Crippen LogP contribution is -2.24. The molecule has 0 bridgehead atoms. The van der Waals surface area contributed by atoms with E-state index in [2.05, 4.69) is 34.7 Å². The second-order valence-corrected chi connectivity index (χ2v) is 4.62. The smallest absolute Gasteiger partial charge is 0.0243 e. The van der Waals surface area contributed by atoms with Crippen LogP contribution >= 0.6 is 11.3 Å². The van der Waals surface area contributed by atoms with Crippen molar-refractivity contribution < 1.29 is 0 Å². The molecular weight excluding hydrogens is 202 g/mol. The first-order valence-corrected chi connectivity index (χ1v) is 6.34. The maximum atomic E-state index is 3.32. The van der Waals surface area contributed by atoms with Crippen LogP contribution in [0, 0.1) is 11.8 Å². The zero-order chi connectivity index (χ0) is 10.9. The van der Waals surface area contributed by atoms with Gasteiger partial charge in [-0.1, -0.05) is 6.07 Å². The number of aryl methyl sites for hydroxylation is 1. The van der Waals surface area contributed by atoms with Crippen molar-refractivity contribution in [3.8, 4) is 11.8 Å². The molecule has 0 saturated carbocycles. The first-order chi connectivity index (χ1) is 7.36. The highest BCUT2D eigenvalue weighted by atomic mass is 32.1. The summed E-state index contributed by atoms with van der Waals surface area (Å²) in [7, 11) is 2.02. The molecule has 0 aliphatic carbocycles. The van der Waals surface area contributed by atoms with Gasteiger partial charge in [-0.2, -0.15) is 0 Å². The Morgan fingerprint density at radius 1 is 1.53 bits per heavy atom. The van der Waals surface area contributed by atoms with Crippen LogP contribution in [0.25, 0.3) is 0 Å². The Labute approximate surface area is 96.9 Å². The van der Waals surface area contributed by atoms with Crippen LogP contribution in [0.4, 0.5) is 0 Å². The van der Waals surface area contributed by atoms with Gasteiger partial charge in [0.15, 0.2) is 0 Å². The van der Waals surface area contributed by atoms with E-state index in [4.69, 9.17) is 0 Å². The maximum absolute atomic E-state index is 3.32. The van der Waals surface area contributed by atoms with Crippen LogP contribution in [-0.4, -0.2) is 13.1 Å². The standard InChI is InChI=1S/C13H19NS/c1-3-4-7-12(14-2)8-5-9-13-10-6-11-15-13/h6,10-12,14H,5,7-9H2,1-2H3. The number of nitrogens with one attached hydrogen (secondary N) is 1. The van der Waals surface area contributed by atoms with Crippen LogP contribution in [0.15, 0.2) is 17.5 Å². The van der Waals surface area contributed by atoms with Crippen molar-refractivity contribution in [3.05, 3.63) is 22.4 Å². The van der Waals surface area contributed by atoms with E-state index in [1.165, 1.54) is 24.1 Å². The lowest BCUT2D eigenvalue weighted by molar-refractivity contribution is 0.515.